The number of hydrogen-bond donors (Lipinski definition) is 0. The Balaban J connectivity index is 1.53. The van der Waals surface area contributed by atoms with E-state index in [1.807, 2.05) is 0 Å². The highest BCUT2D eigenvalue weighted by Gasteiger charge is 2.23. The molecule has 2 rings (SSSR count). The van der Waals surface area contributed by atoms with Crippen LogP contribution in [0.3, 0.4) is 0 Å². The highest BCUT2D eigenvalue weighted by molar-refractivity contribution is 4.76. The molecule has 1 aliphatic carbocycles. The molecule has 2 fully saturated rings. The molecule has 1 atom stereocenters. The fraction of sp³-hybridized carbons (Fsp3) is 1.00. The summed E-state index contributed by atoms with van der Waals surface area (Å²) in [6.07, 6.45) is 13.5. The molecule has 0 amide bonds. The van der Waals surface area contributed by atoms with Gasteiger partial charge < -0.3 is 9.64 Å². The van der Waals surface area contributed by atoms with Crippen LogP contribution in [0, 0.1) is 17.8 Å². The van der Waals surface area contributed by atoms with E-state index in [1.165, 1.54) is 77.4 Å². The number of nitrogens with zero attached hydrogens (tertiary/aromatic N) is 1. The van der Waals surface area contributed by atoms with Gasteiger partial charge in [-0.25, -0.2) is 0 Å². The fourth-order valence-electron chi connectivity index (χ4n) is 4.55. The van der Waals surface area contributed by atoms with Crippen molar-refractivity contribution in [2.45, 2.75) is 97.7 Å². The van der Waals surface area contributed by atoms with Gasteiger partial charge in [0, 0.05) is 6.54 Å². The SMILES string of the molecule is CC(C)O[C@H]1CC[C@H](CCCCN2CCCC(C(C)C)C2)CC1. The van der Waals surface area contributed by atoms with Gasteiger partial charge in [0.25, 0.3) is 0 Å². The Bertz CT molecular complexity index is 307. The van der Waals surface area contributed by atoms with E-state index < -0.39 is 0 Å². The maximum absolute atomic E-state index is 5.97. The molecule has 2 aliphatic rings. The van der Waals surface area contributed by atoms with Crippen LogP contribution in [0.25, 0.3) is 0 Å². The Labute approximate surface area is 145 Å². The number of piperidine rings is 1. The Hall–Kier alpha value is -0.0800. The Morgan fingerprint density at radius 1 is 0.957 bits per heavy atom. The fourth-order valence-corrected chi connectivity index (χ4v) is 4.55. The van der Waals surface area contributed by atoms with Gasteiger partial charge in [0.05, 0.1) is 12.2 Å². The van der Waals surface area contributed by atoms with Crippen molar-refractivity contribution in [1.82, 2.24) is 4.90 Å². The van der Waals surface area contributed by atoms with Gasteiger partial charge in [0.2, 0.25) is 0 Å². The van der Waals surface area contributed by atoms with Crippen LogP contribution in [-0.2, 0) is 4.74 Å². The first kappa shape index (κ1) is 19.2. The normalized spacial score (nSPS) is 30.3. The highest BCUT2D eigenvalue weighted by atomic mass is 16.5. The van der Waals surface area contributed by atoms with Crippen molar-refractivity contribution in [1.29, 1.82) is 0 Å². The van der Waals surface area contributed by atoms with Crippen LogP contribution in [0.5, 0.6) is 0 Å². The second-order valence-electron chi connectivity index (χ2n) is 8.77. The summed E-state index contributed by atoms with van der Waals surface area (Å²) in [6.45, 7) is 13.2. The van der Waals surface area contributed by atoms with E-state index in [4.69, 9.17) is 4.74 Å². The van der Waals surface area contributed by atoms with E-state index >= 15 is 0 Å². The van der Waals surface area contributed by atoms with Crippen LogP contribution in [0.15, 0.2) is 0 Å². The first-order valence-electron chi connectivity index (χ1n) is 10.4. The molecule has 1 heterocycles. The summed E-state index contributed by atoms with van der Waals surface area (Å²) in [5.74, 6) is 2.79. The van der Waals surface area contributed by atoms with Crippen molar-refractivity contribution in [3.63, 3.8) is 0 Å². The molecule has 2 nitrogen and oxygen atoms in total. The van der Waals surface area contributed by atoms with Crippen molar-refractivity contribution in [3.05, 3.63) is 0 Å². The molecular weight excluding hydrogens is 282 g/mol. The largest absolute Gasteiger partial charge is 0.376 e. The zero-order valence-corrected chi connectivity index (χ0v) is 16.2. The van der Waals surface area contributed by atoms with Gasteiger partial charge >= 0.3 is 0 Å². The van der Waals surface area contributed by atoms with Crippen LogP contribution in [-0.4, -0.2) is 36.7 Å². The molecule has 1 aliphatic heterocycles. The summed E-state index contributed by atoms with van der Waals surface area (Å²) in [4.78, 5) is 2.74. The second kappa shape index (κ2) is 10.0. The van der Waals surface area contributed by atoms with Gasteiger partial charge in [0.1, 0.15) is 0 Å². The van der Waals surface area contributed by atoms with Crippen LogP contribution in [0.4, 0.5) is 0 Å². The third-order valence-corrected chi connectivity index (χ3v) is 6.08. The summed E-state index contributed by atoms with van der Waals surface area (Å²) in [5.41, 5.74) is 0. The van der Waals surface area contributed by atoms with Gasteiger partial charge in [-0.3, -0.25) is 0 Å². The average Bonchev–Trinajstić information content (AvgIpc) is 2.53. The highest BCUT2D eigenvalue weighted by Crippen LogP contribution is 2.30. The molecule has 0 bridgehead atoms. The lowest BCUT2D eigenvalue weighted by Crippen LogP contribution is -2.37. The predicted molar refractivity (Wildman–Crippen MR) is 99.8 cm³/mol. The summed E-state index contributed by atoms with van der Waals surface area (Å²) in [7, 11) is 0. The Kier molecular flexibility index (Phi) is 8.40. The monoisotopic (exact) mass is 323 g/mol. The molecular formula is C21H41NO. The summed E-state index contributed by atoms with van der Waals surface area (Å²) < 4.78 is 5.97. The van der Waals surface area contributed by atoms with E-state index in [0.29, 0.717) is 12.2 Å². The summed E-state index contributed by atoms with van der Waals surface area (Å²) in [5, 5.41) is 0. The van der Waals surface area contributed by atoms with Crippen molar-refractivity contribution >= 4 is 0 Å². The third kappa shape index (κ3) is 7.13. The van der Waals surface area contributed by atoms with Gasteiger partial charge in [-0.1, -0.05) is 26.7 Å². The zero-order valence-electron chi connectivity index (χ0n) is 16.2. The number of ether oxygens (including phenoxy) is 1. The average molecular weight is 324 g/mol. The van der Waals surface area contributed by atoms with E-state index in [-0.39, 0.29) is 0 Å². The smallest absolute Gasteiger partial charge is 0.0578 e. The predicted octanol–water partition coefficient (Wildman–Crippen LogP) is 5.51. The zero-order chi connectivity index (χ0) is 16.7. The van der Waals surface area contributed by atoms with Crippen molar-refractivity contribution in [3.8, 4) is 0 Å². The third-order valence-electron chi connectivity index (χ3n) is 6.08. The number of rotatable bonds is 8. The first-order chi connectivity index (χ1) is 11.0. The molecule has 0 spiro atoms. The number of unbranched alkanes of at least 4 members (excludes halogenated alkanes) is 1. The Morgan fingerprint density at radius 3 is 2.35 bits per heavy atom. The molecule has 0 aromatic heterocycles. The van der Waals surface area contributed by atoms with Crippen LogP contribution in [0.1, 0.15) is 85.5 Å². The summed E-state index contributed by atoms with van der Waals surface area (Å²) >= 11 is 0. The molecule has 23 heavy (non-hydrogen) atoms. The molecule has 0 aromatic rings. The molecule has 1 unspecified atom stereocenters. The second-order valence-corrected chi connectivity index (χ2v) is 8.77. The number of likely N-dealkylation sites (tertiary alicyclic amines) is 1. The lowest BCUT2D eigenvalue weighted by molar-refractivity contribution is -0.0203. The Morgan fingerprint density at radius 2 is 1.70 bits per heavy atom. The minimum atomic E-state index is 0.399. The molecule has 0 radical (unpaired) electrons. The van der Waals surface area contributed by atoms with Crippen LogP contribution >= 0.6 is 0 Å². The molecule has 2 heteroatoms. The van der Waals surface area contributed by atoms with E-state index in [9.17, 15) is 0 Å². The molecule has 1 saturated heterocycles. The maximum Gasteiger partial charge on any atom is 0.0578 e. The minimum absolute atomic E-state index is 0.399. The molecule has 1 saturated carbocycles. The van der Waals surface area contributed by atoms with Gasteiger partial charge in [-0.05, 0) is 89.6 Å². The molecule has 0 aromatic carbocycles. The maximum atomic E-state index is 5.97. The van der Waals surface area contributed by atoms with E-state index in [2.05, 4.69) is 32.6 Å². The quantitative estimate of drug-likeness (QED) is 0.546. The van der Waals surface area contributed by atoms with Gasteiger partial charge in [0.15, 0.2) is 0 Å². The van der Waals surface area contributed by atoms with Crippen LogP contribution < -0.4 is 0 Å². The first-order valence-corrected chi connectivity index (χ1v) is 10.4. The molecule has 0 N–H and O–H groups in total. The summed E-state index contributed by atoms with van der Waals surface area (Å²) in [6, 6.07) is 0. The van der Waals surface area contributed by atoms with E-state index in [1.54, 1.807) is 0 Å². The lowest BCUT2D eigenvalue weighted by atomic mass is 9.84. The number of hydrogen-bond acceptors (Lipinski definition) is 2. The van der Waals surface area contributed by atoms with Crippen molar-refractivity contribution in [2.75, 3.05) is 19.6 Å². The minimum Gasteiger partial charge on any atom is -0.376 e. The lowest BCUT2D eigenvalue weighted by Gasteiger charge is -2.35. The topological polar surface area (TPSA) is 12.5 Å². The molecule has 136 valence electrons. The van der Waals surface area contributed by atoms with Gasteiger partial charge in [-0.15, -0.1) is 0 Å². The van der Waals surface area contributed by atoms with Crippen LogP contribution in [0.2, 0.25) is 0 Å². The van der Waals surface area contributed by atoms with Gasteiger partial charge in [-0.2, -0.15) is 0 Å². The van der Waals surface area contributed by atoms with Crippen molar-refractivity contribution < 1.29 is 4.74 Å². The van der Waals surface area contributed by atoms with E-state index in [0.717, 1.165) is 17.8 Å². The standard InChI is InChI=1S/C21H41NO/c1-17(2)20-9-7-15-22(16-20)14-6-5-8-19-10-12-21(13-11-19)23-18(3)4/h17-21H,5-16H2,1-4H3/t19-,20?,21-. The van der Waals surface area contributed by atoms with Crippen molar-refractivity contribution in [2.24, 2.45) is 17.8 Å².